The Kier molecular flexibility index (Phi) is 6.07. The van der Waals surface area contributed by atoms with Crippen molar-refractivity contribution in [2.75, 3.05) is 18.6 Å². The highest BCUT2D eigenvalue weighted by Gasteiger charge is 2.06. The van der Waals surface area contributed by atoms with Crippen LogP contribution in [-0.4, -0.2) is 29.3 Å². The number of aromatic nitrogens is 1. The lowest BCUT2D eigenvalue weighted by atomic mass is 10.2. The quantitative estimate of drug-likeness (QED) is 0.453. The molecule has 0 fully saturated rings. The van der Waals surface area contributed by atoms with Crippen LogP contribution in [0.3, 0.4) is 0 Å². The highest BCUT2D eigenvalue weighted by atomic mass is 16.6. The molecule has 0 bridgehead atoms. The Bertz CT molecular complexity index is 717. The molecule has 0 aliphatic carbocycles. The molecule has 0 spiro atoms. The van der Waals surface area contributed by atoms with Crippen molar-refractivity contribution in [3.63, 3.8) is 0 Å². The minimum Gasteiger partial charge on any atom is -0.490 e. The first-order valence-electron chi connectivity index (χ1n) is 7.43. The second-order valence-electron chi connectivity index (χ2n) is 4.60. The van der Waals surface area contributed by atoms with E-state index in [0.29, 0.717) is 30.5 Å². The largest absolute Gasteiger partial charge is 0.490 e. The number of nitrogens with one attached hydrogen (secondary N) is 1. The molecule has 2 aromatic rings. The summed E-state index contributed by atoms with van der Waals surface area (Å²) in [4.78, 5) is 14.0. The van der Waals surface area contributed by atoms with E-state index >= 15 is 0 Å². The van der Waals surface area contributed by atoms with Crippen molar-refractivity contribution in [1.29, 1.82) is 0 Å². The minimum atomic E-state index is -0.505. The van der Waals surface area contributed by atoms with Gasteiger partial charge in [0.15, 0.2) is 11.5 Å². The molecule has 0 radical (unpaired) electrons. The fourth-order valence-corrected chi connectivity index (χ4v) is 1.88. The van der Waals surface area contributed by atoms with E-state index in [1.54, 1.807) is 6.21 Å². The van der Waals surface area contributed by atoms with Crippen molar-refractivity contribution in [1.82, 2.24) is 4.98 Å². The zero-order valence-electron chi connectivity index (χ0n) is 13.4. The fourth-order valence-electron chi connectivity index (χ4n) is 1.88. The normalized spacial score (nSPS) is 10.6. The van der Waals surface area contributed by atoms with Crippen molar-refractivity contribution in [3.8, 4) is 11.5 Å². The molecular weight excluding hydrogens is 312 g/mol. The molecule has 0 unspecified atom stereocenters. The maximum absolute atomic E-state index is 10.6. The highest BCUT2D eigenvalue weighted by Crippen LogP contribution is 2.28. The molecule has 8 heteroatoms. The van der Waals surface area contributed by atoms with Crippen molar-refractivity contribution in [2.45, 2.75) is 13.8 Å². The van der Waals surface area contributed by atoms with Crippen LogP contribution in [0.2, 0.25) is 0 Å². The summed E-state index contributed by atoms with van der Waals surface area (Å²) in [6.07, 6.45) is 2.77. The van der Waals surface area contributed by atoms with E-state index in [9.17, 15) is 10.1 Å². The monoisotopic (exact) mass is 330 g/mol. The first-order valence-corrected chi connectivity index (χ1v) is 7.43. The minimum absolute atomic E-state index is 0.0719. The summed E-state index contributed by atoms with van der Waals surface area (Å²) in [6.45, 7) is 4.90. The van der Waals surface area contributed by atoms with Gasteiger partial charge in [0.1, 0.15) is 12.0 Å². The van der Waals surface area contributed by atoms with Gasteiger partial charge in [0.2, 0.25) is 0 Å². The van der Waals surface area contributed by atoms with Crippen LogP contribution in [0.25, 0.3) is 0 Å². The van der Waals surface area contributed by atoms with E-state index in [1.165, 1.54) is 18.3 Å². The molecule has 1 aromatic carbocycles. The Hall–Kier alpha value is -3.16. The number of hydrazone groups is 1. The van der Waals surface area contributed by atoms with Gasteiger partial charge in [-0.05, 0) is 43.7 Å². The van der Waals surface area contributed by atoms with Gasteiger partial charge >= 0.3 is 0 Å². The van der Waals surface area contributed by atoms with Gasteiger partial charge < -0.3 is 9.47 Å². The maximum atomic E-state index is 10.6. The van der Waals surface area contributed by atoms with Gasteiger partial charge in [-0.1, -0.05) is 0 Å². The van der Waals surface area contributed by atoms with Gasteiger partial charge in [-0.15, -0.1) is 0 Å². The summed E-state index contributed by atoms with van der Waals surface area (Å²) >= 11 is 0. The number of benzene rings is 1. The second-order valence-corrected chi connectivity index (χ2v) is 4.60. The molecule has 2 rings (SSSR count). The van der Waals surface area contributed by atoms with Gasteiger partial charge in [-0.25, -0.2) is 4.98 Å². The molecule has 1 aromatic heterocycles. The van der Waals surface area contributed by atoms with E-state index in [1.807, 2.05) is 32.0 Å². The lowest BCUT2D eigenvalue weighted by molar-refractivity contribution is -0.385. The van der Waals surface area contributed by atoms with E-state index < -0.39 is 4.92 Å². The van der Waals surface area contributed by atoms with Gasteiger partial charge in [0.05, 0.1) is 24.4 Å². The van der Waals surface area contributed by atoms with E-state index in [4.69, 9.17) is 9.47 Å². The summed E-state index contributed by atoms with van der Waals surface area (Å²) in [5.41, 5.74) is 3.46. The van der Waals surface area contributed by atoms with E-state index in [2.05, 4.69) is 15.5 Å². The lowest BCUT2D eigenvalue weighted by Crippen LogP contribution is -1.99. The number of hydrogen-bond donors (Lipinski definition) is 1. The Morgan fingerprint density at radius 2 is 1.96 bits per heavy atom. The average Bonchev–Trinajstić information content (AvgIpc) is 2.58. The molecule has 0 saturated carbocycles. The molecule has 1 N–H and O–H groups in total. The third-order valence-corrected chi connectivity index (χ3v) is 2.92. The summed E-state index contributed by atoms with van der Waals surface area (Å²) in [5, 5.41) is 14.6. The lowest BCUT2D eigenvalue weighted by Gasteiger charge is -2.11. The van der Waals surface area contributed by atoms with Crippen molar-refractivity contribution in [3.05, 3.63) is 52.2 Å². The van der Waals surface area contributed by atoms with Crippen LogP contribution in [0.5, 0.6) is 11.5 Å². The van der Waals surface area contributed by atoms with Gasteiger partial charge in [-0.3, -0.25) is 15.5 Å². The molecule has 8 nitrogen and oxygen atoms in total. The molecule has 24 heavy (non-hydrogen) atoms. The standard InChI is InChI=1S/C16H18N4O4/c1-3-23-14-7-5-12(9-15(14)24-4-2)10-18-19-16-8-6-13(11-17-16)20(21)22/h5-11H,3-4H2,1-2H3,(H,17,19)/b18-10-. The highest BCUT2D eigenvalue weighted by molar-refractivity contribution is 5.81. The molecule has 0 aliphatic rings. The number of nitrogens with zero attached hydrogens (tertiary/aromatic N) is 3. The zero-order valence-corrected chi connectivity index (χ0v) is 13.4. The van der Waals surface area contributed by atoms with Crippen LogP contribution in [0.4, 0.5) is 11.5 Å². The molecule has 1 heterocycles. The molecule has 0 atom stereocenters. The first-order chi connectivity index (χ1) is 11.6. The van der Waals surface area contributed by atoms with Crippen LogP contribution in [-0.2, 0) is 0 Å². The topological polar surface area (TPSA) is 98.9 Å². The maximum Gasteiger partial charge on any atom is 0.287 e. The SMILES string of the molecule is CCOc1ccc(/C=N\Nc2ccc([N+](=O)[O-])cn2)cc1OCC. The van der Waals surface area contributed by atoms with Crippen molar-refractivity contribution in [2.24, 2.45) is 5.10 Å². The van der Waals surface area contributed by atoms with Gasteiger partial charge in [0.25, 0.3) is 5.69 Å². The molecule has 126 valence electrons. The van der Waals surface area contributed by atoms with E-state index in [-0.39, 0.29) is 5.69 Å². The third-order valence-electron chi connectivity index (χ3n) is 2.92. The smallest absolute Gasteiger partial charge is 0.287 e. The van der Waals surface area contributed by atoms with Crippen LogP contribution >= 0.6 is 0 Å². The number of pyridine rings is 1. The number of nitro groups is 1. The van der Waals surface area contributed by atoms with Gasteiger partial charge in [0, 0.05) is 6.07 Å². The number of anilines is 1. The van der Waals surface area contributed by atoms with Crippen LogP contribution in [0, 0.1) is 10.1 Å². The Balaban J connectivity index is 2.05. The van der Waals surface area contributed by atoms with Crippen molar-refractivity contribution < 1.29 is 14.4 Å². The summed E-state index contributed by atoms with van der Waals surface area (Å²) in [5.74, 6) is 1.74. The Labute approximate surface area is 139 Å². The molecular formula is C16H18N4O4. The molecule has 0 aliphatic heterocycles. The van der Waals surface area contributed by atoms with Crippen molar-refractivity contribution >= 4 is 17.7 Å². The summed E-state index contributed by atoms with van der Waals surface area (Å²) in [7, 11) is 0. The van der Waals surface area contributed by atoms with Gasteiger partial charge in [-0.2, -0.15) is 5.10 Å². The van der Waals surface area contributed by atoms with E-state index in [0.717, 1.165) is 5.56 Å². The summed E-state index contributed by atoms with van der Waals surface area (Å²) < 4.78 is 11.0. The second kappa shape index (κ2) is 8.47. The van der Waals surface area contributed by atoms with Crippen LogP contribution in [0.15, 0.2) is 41.6 Å². The third kappa shape index (κ3) is 4.67. The molecule has 0 saturated heterocycles. The molecule has 0 amide bonds. The fraction of sp³-hybridized carbons (Fsp3) is 0.250. The number of rotatable bonds is 8. The first kappa shape index (κ1) is 17.2. The van der Waals surface area contributed by atoms with Crippen LogP contribution in [0.1, 0.15) is 19.4 Å². The average molecular weight is 330 g/mol. The Morgan fingerprint density at radius 1 is 1.21 bits per heavy atom. The Morgan fingerprint density at radius 3 is 2.58 bits per heavy atom. The zero-order chi connectivity index (χ0) is 17.4. The predicted octanol–water partition coefficient (Wildman–Crippen LogP) is 3.23. The van der Waals surface area contributed by atoms with Crippen LogP contribution < -0.4 is 14.9 Å². The number of ether oxygens (including phenoxy) is 2. The predicted molar refractivity (Wildman–Crippen MR) is 90.9 cm³/mol. The summed E-state index contributed by atoms with van der Waals surface area (Å²) in [6, 6.07) is 8.33. The number of hydrogen-bond acceptors (Lipinski definition) is 7.